The average molecular weight is 689 g/mol. The van der Waals surface area contributed by atoms with Crippen molar-refractivity contribution in [1.82, 2.24) is 0 Å². The molecule has 4 saturated carbocycles. The van der Waals surface area contributed by atoms with Crippen LogP contribution in [0.4, 0.5) is 0 Å². The number of aliphatic hydroxyl groups is 2. The minimum atomic E-state index is -1.67. The van der Waals surface area contributed by atoms with Crippen LogP contribution in [0, 0.1) is 34.0 Å². The predicted octanol–water partition coefficient (Wildman–Crippen LogP) is -0.159. The summed E-state index contributed by atoms with van der Waals surface area (Å²) in [6, 6.07) is 0. The van der Waals surface area contributed by atoms with Gasteiger partial charge in [0.05, 0.1) is 45.9 Å². The van der Waals surface area contributed by atoms with Gasteiger partial charge in [-0.2, -0.15) is 0 Å². The first-order valence-corrected chi connectivity index (χ1v) is 16.7. The van der Waals surface area contributed by atoms with Crippen LogP contribution >= 0.6 is 0 Å². The molecule has 5 heterocycles. The molecule has 0 radical (unpaired) electrons. The molecule has 9 rings (SSSR count). The lowest BCUT2D eigenvalue weighted by Gasteiger charge is -2.65. The van der Waals surface area contributed by atoms with Crippen molar-refractivity contribution >= 4 is 23.9 Å². The van der Waals surface area contributed by atoms with E-state index in [0.29, 0.717) is 12.0 Å². The highest BCUT2D eigenvalue weighted by Gasteiger charge is 3.19. The smallest absolute Gasteiger partial charge is 0.335 e. The number of fused-ring (bicyclic) bond motifs is 3. The van der Waals surface area contributed by atoms with E-state index < -0.39 is 117 Å². The van der Waals surface area contributed by atoms with Crippen molar-refractivity contribution in [3.05, 3.63) is 24.0 Å². The molecule has 0 aromatic carbocycles. The minimum absolute atomic E-state index is 0.159. The van der Waals surface area contributed by atoms with Crippen molar-refractivity contribution in [3.63, 3.8) is 0 Å². The summed E-state index contributed by atoms with van der Waals surface area (Å²) in [4.78, 5) is 54.1. The molecule has 49 heavy (non-hydrogen) atoms. The Morgan fingerprint density at radius 3 is 2.43 bits per heavy atom. The van der Waals surface area contributed by atoms with E-state index in [-0.39, 0.29) is 19.6 Å². The Hall–Kier alpha value is -3.08. The molecule has 5 unspecified atom stereocenters. The van der Waals surface area contributed by atoms with Crippen LogP contribution in [0.15, 0.2) is 24.0 Å². The van der Waals surface area contributed by atoms with E-state index in [9.17, 15) is 29.4 Å². The van der Waals surface area contributed by atoms with Gasteiger partial charge in [-0.3, -0.25) is 9.59 Å². The molecule has 4 saturated heterocycles. The summed E-state index contributed by atoms with van der Waals surface area (Å²) < 4.78 is 54.5. The van der Waals surface area contributed by atoms with Gasteiger partial charge in [0.15, 0.2) is 11.7 Å². The van der Waals surface area contributed by atoms with Gasteiger partial charge in [-0.05, 0) is 26.3 Å². The molecule has 0 aromatic rings. The molecule has 4 aliphatic carbocycles. The maximum atomic E-state index is 14.1. The van der Waals surface area contributed by atoms with Crippen LogP contribution in [0.3, 0.4) is 0 Å². The largest absolute Gasteiger partial charge is 0.469 e. The topological polar surface area (TPSA) is 195 Å². The van der Waals surface area contributed by atoms with Gasteiger partial charge in [-0.25, -0.2) is 9.59 Å². The minimum Gasteiger partial charge on any atom is -0.469 e. The SMILES string of the molecule is C/C=C(\C)C(=O)O[C@H]1C[C@@H](OC(C)=O)[C@@]2(C(=O)OC)CO[C@@H]3C2[C@]12CO[C@H](C(=O)OC)[C@H]2[C@](C)(C12OC14C1C[C@@]42O[C@@H]2OC=CC12O)[C@@H]3O. The van der Waals surface area contributed by atoms with Gasteiger partial charge >= 0.3 is 23.9 Å². The lowest BCUT2D eigenvalue weighted by Crippen LogP contribution is -2.77. The van der Waals surface area contributed by atoms with Crippen LogP contribution in [0.2, 0.25) is 0 Å². The van der Waals surface area contributed by atoms with Crippen LogP contribution in [-0.2, 0) is 61.8 Å². The Balaban J connectivity index is 1.27. The summed E-state index contributed by atoms with van der Waals surface area (Å²) in [5, 5.41) is 24.5. The molecule has 15 heteroatoms. The maximum absolute atomic E-state index is 14.1. The normalized spacial score (nSPS) is 56.0. The summed E-state index contributed by atoms with van der Waals surface area (Å²) in [6.07, 6.45) is -2.38. The van der Waals surface area contributed by atoms with Crippen molar-refractivity contribution in [1.29, 1.82) is 0 Å². The van der Waals surface area contributed by atoms with Crippen molar-refractivity contribution < 1.29 is 72.0 Å². The second kappa shape index (κ2) is 9.22. The number of carbonyl (C=O) groups excluding carboxylic acids is 4. The first kappa shape index (κ1) is 31.9. The highest BCUT2D eigenvalue weighted by Crippen LogP contribution is 3.00. The van der Waals surface area contributed by atoms with E-state index in [1.165, 1.54) is 27.4 Å². The van der Waals surface area contributed by atoms with E-state index in [1.54, 1.807) is 32.9 Å². The number of hydrogen-bond acceptors (Lipinski definition) is 15. The number of carbonyl (C=O) groups is 4. The third kappa shape index (κ3) is 2.93. The molecule has 15 nitrogen and oxygen atoms in total. The van der Waals surface area contributed by atoms with E-state index in [1.807, 2.05) is 0 Å². The summed E-state index contributed by atoms with van der Waals surface area (Å²) in [5.74, 6) is -5.33. The fourth-order valence-electron chi connectivity index (χ4n) is 12.4. The first-order valence-electron chi connectivity index (χ1n) is 16.7. The van der Waals surface area contributed by atoms with Crippen LogP contribution in [0.25, 0.3) is 0 Å². The number of allylic oxidation sites excluding steroid dienone is 1. The molecule has 0 aromatic heterocycles. The number of esters is 4. The molecule has 2 N–H and O–H groups in total. The molecule has 2 bridgehead atoms. The van der Waals surface area contributed by atoms with Gasteiger partial charge < -0.3 is 52.8 Å². The Morgan fingerprint density at radius 2 is 1.76 bits per heavy atom. The molecule has 16 atom stereocenters. The third-order valence-corrected chi connectivity index (χ3v) is 14.3. The highest BCUT2D eigenvalue weighted by molar-refractivity contribution is 5.88. The van der Waals surface area contributed by atoms with Crippen molar-refractivity contribution in [2.75, 3.05) is 27.4 Å². The van der Waals surface area contributed by atoms with Gasteiger partial charge in [0.25, 0.3) is 0 Å². The zero-order chi connectivity index (χ0) is 34.9. The molecular weight excluding hydrogens is 648 g/mol. The standard InChI is InChI=1S/C34H40O15/c1-7-14(2)24(37)47-17-10-18(46-15(3)35)30(26(39)42-6)13-44-19-22(30)29(17)12-45-20(25(38)41-5)21(29)28(4,23(19)36)34-32-11-16(33(32,34)49-34)31(40)8-9-43-27(31)48-32/h7-9,16-23,27,36,40H,10-13H2,1-6H3/b14-7+/t16?,17-,18+,19+,20-,21-,22?,23+,27-,28-,29+,30-,31?,32+,33?,34?/m0/s1. The fourth-order valence-corrected chi connectivity index (χ4v) is 12.4. The average Bonchev–Trinajstić information content (AvgIpc) is 3.49. The van der Waals surface area contributed by atoms with Gasteiger partial charge in [-0.15, -0.1) is 0 Å². The number of ether oxygens (including phenoxy) is 9. The number of methoxy groups -OCH3 is 2. The fraction of sp³-hybridized carbons (Fsp3) is 0.765. The van der Waals surface area contributed by atoms with E-state index in [2.05, 4.69) is 0 Å². The number of rotatable bonds is 6. The van der Waals surface area contributed by atoms with Crippen molar-refractivity contribution in [3.8, 4) is 0 Å². The first-order chi connectivity index (χ1) is 23.2. The zero-order valence-electron chi connectivity index (χ0n) is 28.0. The van der Waals surface area contributed by atoms with Crippen LogP contribution in [0.1, 0.15) is 40.5 Å². The maximum Gasteiger partial charge on any atom is 0.335 e. The Morgan fingerprint density at radius 1 is 1.00 bits per heavy atom. The molecular formula is C34H40O15. The molecule has 0 amide bonds. The molecule has 8 fully saturated rings. The number of aliphatic hydroxyl groups excluding tert-OH is 1. The van der Waals surface area contributed by atoms with E-state index in [4.69, 9.17) is 42.6 Å². The van der Waals surface area contributed by atoms with Crippen LogP contribution < -0.4 is 0 Å². The third-order valence-electron chi connectivity index (χ3n) is 14.3. The molecule has 5 aliphatic heterocycles. The number of epoxide rings is 1. The summed E-state index contributed by atoms with van der Waals surface area (Å²) >= 11 is 0. The summed E-state index contributed by atoms with van der Waals surface area (Å²) in [6.45, 7) is 5.78. The van der Waals surface area contributed by atoms with E-state index >= 15 is 0 Å². The van der Waals surface area contributed by atoms with Gasteiger partial charge in [0.1, 0.15) is 34.4 Å². The van der Waals surface area contributed by atoms with Crippen molar-refractivity contribution in [2.45, 2.75) is 99.8 Å². The Kier molecular flexibility index (Phi) is 6.00. The summed E-state index contributed by atoms with van der Waals surface area (Å²) in [5.41, 5.74) is -8.94. The monoisotopic (exact) mass is 688 g/mol. The van der Waals surface area contributed by atoms with Crippen LogP contribution in [-0.4, -0.2) is 121 Å². The van der Waals surface area contributed by atoms with Crippen LogP contribution in [0.5, 0.6) is 0 Å². The lowest BCUT2D eigenvalue weighted by molar-refractivity contribution is -0.370. The lowest BCUT2D eigenvalue weighted by atomic mass is 9.39. The second-order valence-electron chi connectivity index (χ2n) is 15.4. The van der Waals surface area contributed by atoms with Gasteiger partial charge in [-0.1, -0.05) is 13.0 Å². The molecule has 3 spiro atoms. The Labute approximate surface area is 281 Å². The van der Waals surface area contributed by atoms with E-state index in [0.717, 1.165) is 0 Å². The number of hydrogen-bond donors (Lipinski definition) is 2. The second-order valence-corrected chi connectivity index (χ2v) is 15.4. The molecule has 266 valence electrons. The van der Waals surface area contributed by atoms with Gasteiger partial charge in [0, 0.05) is 47.5 Å². The summed E-state index contributed by atoms with van der Waals surface area (Å²) in [7, 11) is 2.44. The molecule has 9 aliphatic rings. The van der Waals surface area contributed by atoms with Gasteiger partial charge in [0.2, 0.25) is 6.29 Å². The zero-order valence-corrected chi connectivity index (χ0v) is 28.0. The quantitative estimate of drug-likeness (QED) is 0.162. The predicted molar refractivity (Wildman–Crippen MR) is 156 cm³/mol. The Bertz CT molecular complexity index is 1660. The highest BCUT2D eigenvalue weighted by atomic mass is 16.8. The van der Waals surface area contributed by atoms with Crippen molar-refractivity contribution in [2.24, 2.45) is 34.0 Å².